The Morgan fingerprint density at radius 2 is 1.74 bits per heavy atom. The van der Waals surface area contributed by atoms with Gasteiger partial charge >= 0.3 is 0 Å². The summed E-state index contributed by atoms with van der Waals surface area (Å²) in [6.07, 6.45) is 3.23. The van der Waals surface area contributed by atoms with E-state index in [-0.39, 0.29) is 17.7 Å². The lowest BCUT2D eigenvalue weighted by Crippen LogP contribution is -2.48. The molecule has 4 rings (SSSR count). The van der Waals surface area contributed by atoms with Crippen molar-refractivity contribution in [1.82, 2.24) is 5.32 Å². The van der Waals surface area contributed by atoms with Crippen molar-refractivity contribution in [2.45, 2.75) is 38.6 Å². The SMILES string of the molecule is COc1ccc([C@H]2[C@H](C(=O)NCC3CC3)CCC(=O)N2c2ccc(C)cc2)cc1OC. The van der Waals surface area contributed by atoms with E-state index < -0.39 is 6.04 Å². The van der Waals surface area contributed by atoms with Crippen LogP contribution in [0.4, 0.5) is 5.69 Å². The number of piperidine rings is 1. The second-order valence-corrected chi connectivity index (χ2v) is 8.49. The highest BCUT2D eigenvalue weighted by atomic mass is 16.5. The standard InChI is InChI=1S/C25H30N2O4/c1-16-4-9-19(10-5-16)27-23(28)13-11-20(25(29)26-15-17-6-7-17)24(27)18-8-12-21(30-2)22(14-18)31-3/h4-5,8-10,12,14,17,20,24H,6-7,11,13,15H2,1-3H3,(H,26,29)/t20-,24+/m1/s1. The van der Waals surface area contributed by atoms with Crippen LogP contribution in [-0.2, 0) is 9.59 Å². The molecular formula is C25H30N2O4. The van der Waals surface area contributed by atoms with Crippen molar-refractivity contribution in [1.29, 1.82) is 0 Å². The largest absolute Gasteiger partial charge is 0.493 e. The molecule has 1 saturated heterocycles. The van der Waals surface area contributed by atoms with Gasteiger partial charge in [-0.05, 0) is 61.9 Å². The molecule has 2 aromatic carbocycles. The molecule has 6 nitrogen and oxygen atoms in total. The average Bonchev–Trinajstić information content (AvgIpc) is 3.62. The fraction of sp³-hybridized carbons (Fsp3) is 0.440. The van der Waals surface area contributed by atoms with E-state index in [1.54, 1.807) is 19.1 Å². The third-order valence-corrected chi connectivity index (χ3v) is 6.26. The van der Waals surface area contributed by atoms with Crippen LogP contribution in [-0.4, -0.2) is 32.6 Å². The van der Waals surface area contributed by atoms with Gasteiger partial charge in [-0.1, -0.05) is 23.8 Å². The molecule has 1 saturated carbocycles. The van der Waals surface area contributed by atoms with E-state index in [1.807, 2.05) is 49.4 Å². The van der Waals surface area contributed by atoms with Crippen LogP contribution in [0.15, 0.2) is 42.5 Å². The zero-order chi connectivity index (χ0) is 22.0. The second-order valence-electron chi connectivity index (χ2n) is 8.49. The highest BCUT2D eigenvalue weighted by Gasteiger charge is 2.42. The van der Waals surface area contributed by atoms with Crippen LogP contribution in [0.25, 0.3) is 0 Å². The van der Waals surface area contributed by atoms with Crippen molar-refractivity contribution in [3.05, 3.63) is 53.6 Å². The minimum Gasteiger partial charge on any atom is -0.493 e. The zero-order valence-corrected chi connectivity index (χ0v) is 18.4. The highest BCUT2D eigenvalue weighted by molar-refractivity contribution is 5.97. The van der Waals surface area contributed by atoms with Crippen molar-refractivity contribution in [3.63, 3.8) is 0 Å². The van der Waals surface area contributed by atoms with Crippen molar-refractivity contribution >= 4 is 17.5 Å². The number of hydrogen-bond donors (Lipinski definition) is 1. The van der Waals surface area contributed by atoms with E-state index in [1.165, 1.54) is 12.8 Å². The van der Waals surface area contributed by atoms with Crippen molar-refractivity contribution < 1.29 is 19.1 Å². The number of hydrogen-bond acceptors (Lipinski definition) is 4. The molecule has 0 spiro atoms. The van der Waals surface area contributed by atoms with Gasteiger partial charge in [-0.15, -0.1) is 0 Å². The Morgan fingerprint density at radius 1 is 1.03 bits per heavy atom. The number of nitrogens with one attached hydrogen (secondary N) is 1. The fourth-order valence-corrected chi connectivity index (χ4v) is 4.29. The fourth-order valence-electron chi connectivity index (χ4n) is 4.29. The molecule has 0 bridgehead atoms. The van der Waals surface area contributed by atoms with Crippen LogP contribution < -0.4 is 19.7 Å². The molecule has 1 N–H and O–H groups in total. The van der Waals surface area contributed by atoms with Gasteiger partial charge in [-0.2, -0.15) is 0 Å². The number of benzene rings is 2. The van der Waals surface area contributed by atoms with E-state index >= 15 is 0 Å². The molecule has 2 aliphatic rings. The smallest absolute Gasteiger partial charge is 0.227 e. The van der Waals surface area contributed by atoms with Gasteiger partial charge in [0.05, 0.1) is 26.2 Å². The Morgan fingerprint density at radius 3 is 2.39 bits per heavy atom. The van der Waals surface area contributed by atoms with Gasteiger partial charge < -0.3 is 19.7 Å². The molecule has 2 aromatic rings. The van der Waals surface area contributed by atoms with Gasteiger partial charge in [-0.3, -0.25) is 9.59 Å². The van der Waals surface area contributed by atoms with Crippen molar-refractivity contribution in [3.8, 4) is 11.5 Å². The maximum Gasteiger partial charge on any atom is 0.227 e. The predicted molar refractivity (Wildman–Crippen MR) is 119 cm³/mol. The quantitative estimate of drug-likeness (QED) is 0.732. The van der Waals surface area contributed by atoms with Gasteiger partial charge in [-0.25, -0.2) is 0 Å². The number of anilines is 1. The molecule has 0 aromatic heterocycles. The number of aryl methyl sites for hydroxylation is 1. The van der Waals surface area contributed by atoms with Crippen molar-refractivity contribution in [2.75, 3.05) is 25.7 Å². The summed E-state index contributed by atoms with van der Waals surface area (Å²) >= 11 is 0. The molecule has 2 amide bonds. The Labute approximate surface area is 183 Å². The number of amides is 2. The van der Waals surface area contributed by atoms with Crippen LogP contribution in [0.1, 0.15) is 42.9 Å². The maximum atomic E-state index is 13.2. The summed E-state index contributed by atoms with van der Waals surface area (Å²) in [5, 5.41) is 3.13. The summed E-state index contributed by atoms with van der Waals surface area (Å²) in [5.74, 6) is 1.49. The average molecular weight is 423 g/mol. The van der Waals surface area contributed by atoms with Crippen LogP contribution in [0.3, 0.4) is 0 Å². The summed E-state index contributed by atoms with van der Waals surface area (Å²) in [7, 11) is 3.18. The van der Waals surface area contributed by atoms with E-state index in [9.17, 15) is 9.59 Å². The molecular weight excluding hydrogens is 392 g/mol. The molecule has 1 aliphatic carbocycles. The normalized spacial score (nSPS) is 21.0. The Bertz CT molecular complexity index is 952. The van der Waals surface area contributed by atoms with Crippen LogP contribution in [0.5, 0.6) is 11.5 Å². The molecule has 0 radical (unpaired) electrons. The van der Waals surface area contributed by atoms with Gasteiger partial charge in [0.2, 0.25) is 11.8 Å². The summed E-state index contributed by atoms with van der Waals surface area (Å²) in [4.78, 5) is 28.1. The number of carbonyl (C=O) groups excluding carboxylic acids is 2. The lowest BCUT2D eigenvalue weighted by atomic mass is 9.83. The first-order valence-electron chi connectivity index (χ1n) is 10.9. The molecule has 2 fully saturated rings. The van der Waals surface area contributed by atoms with E-state index in [0.29, 0.717) is 36.8 Å². The van der Waals surface area contributed by atoms with E-state index in [4.69, 9.17) is 9.47 Å². The second kappa shape index (κ2) is 9.00. The molecule has 2 atom stereocenters. The molecule has 164 valence electrons. The molecule has 1 aliphatic heterocycles. The topological polar surface area (TPSA) is 67.9 Å². The summed E-state index contributed by atoms with van der Waals surface area (Å²) in [6.45, 7) is 2.73. The third kappa shape index (κ3) is 4.53. The number of rotatable bonds is 7. The lowest BCUT2D eigenvalue weighted by Gasteiger charge is -2.41. The predicted octanol–water partition coefficient (Wildman–Crippen LogP) is 4.02. The Hall–Kier alpha value is -3.02. The number of carbonyl (C=O) groups is 2. The Kier molecular flexibility index (Phi) is 6.16. The van der Waals surface area contributed by atoms with Crippen LogP contribution in [0.2, 0.25) is 0 Å². The van der Waals surface area contributed by atoms with E-state index in [0.717, 1.165) is 16.8 Å². The third-order valence-electron chi connectivity index (χ3n) is 6.26. The first kappa shape index (κ1) is 21.2. The molecule has 6 heteroatoms. The van der Waals surface area contributed by atoms with Crippen molar-refractivity contribution in [2.24, 2.45) is 11.8 Å². The van der Waals surface area contributed by atoms with E-state index in [2.05, 4.69) is 5.32 Å². The molecule has 0 unspecified atom stereocenters. The van der Waals surface area contributed by atoms with Gasteiger partial charge in [0.15, 0.2) is 11.5 Å². The Balaban J connectivity index is 1.74. The minimum absolute atomic E-state index is 0.0105. The first-order valence-corrected chi connectivity index (χ1v) is 10.9. The monoisotopic (exact) mass is 422 g/mol. The number of ether oxygens (including phenoxy) is 2. The van der Waals surface area contributed by atoms with Gasteiger partial charge in [0.25, 0.3) is 0 Å². The summed E-state index contributed by atoms with van der Waals surface area (Å²) < 4.78 is 10.9. The molecule has 31 heavy (non-hydrogen) atoms. The lowest BCUT2D eigenvalue weighted by molar-refractivity contribution is -0.129. The van der Waals surface area contributed by atoms with Crippen LogP contribution >= 0.6 is 0 Å². The minimum atomic E-state index is -0.414. The van der Waals surface area contributed by atoms with Gasteiger partial charge in [0, 0.05) is 18.7 Å². The maximum absolute atomic E-state index is 13.2. The number of nitrogens with zero attached hydrogens (tertiary/aromatic N) is 1. The summed E-state index contributed by atoms with van der Waals surface area (Å²) in [5.41, 5.74) is 2.78. The number of methoxy groups -OCH3 is 2. The van der Waals surface area contributed by atoms with Crippen LogP contribution in [0, 0.1) is 18.8 Å². The molecule has 1 heterocycles. The first-order chi connectivity index (χ1) is 15.0. The van der Waals surface area contributed by atoms with Gasteiger partial charge in [0.1, 0.15) is 0 Å². The summed E-state index contributed by atoms with van der Waals surface area (Å²) in [6, 6.07) is 13.1. The zero-order valence-electron chi connectivity index (χ0n) is 18.4. The highest BCUT2D eigenvalue weighted by Crippen LogP contribution is 2.42.